The first-order chi connectivity index (χ1) is 14.4. The van der Waals surface area contributed by atoms with Gasteiger partial charge in [-0.1, -0.05) is 95.6 Å². The first kappa shape index (κ1) is 25.5. The van der Waals surface area contributed by atoms with Crippen molar-refractivity contribution >= 4 is 39.2 Å². The molecule has 0 amide bonds. The Kier molecular flexibility index (Phi) is 11.0. The van der Waals surface area contributed by atoms with Gasteiger partial charge >= 0.3 is 5.97 Å². The molecule has 0 fully saturated rings. The Labute approximate surface area is 194 Å². The molecule has 30 heavy (non-hydrogen) atoms. The maximum atomic E-state index is 12.0. The van der Waals surface area contributed by atoms with E-state index in [1.807, 2.05) is 0 Å². The molecule has 2 rings (SSSR count). The summed E-state index contributed by atoms with van der Waals surface area (Å²) in [6.07, 6.45) is 15.3. The van der Waals surface area contributed by atoms with Crippen LogP contribution in [0.1, 0.15) is 96.0 Å². The minimum absolute atomic E-state index is 0.199. The van der Waals surface area contributed by atoms with Gasteiger partial charge in [0.15, 0.2) is 0 Å². The van der Waals surface area contributed by atoms with Gasteiger partial charge in [0.05, 0.1) is 10.9 Å². The highest BCUT2D eigenvalue weighted by Gasteiger charge is 2.47. The average molecular weight is 503 g/mol. The molecule has 0 bridgehead atoms. The number of carboxylic acids is 1. The number of carboxylic acid groups (broad SMARTS) is 1. The second-order valence-corrected chi connectivity index (χ2v) is 9.92. The van der Waals surface area contributed by atoms with Crippen molar-refractivity contribution in [3.8, 4) is 0 Å². The standard InChI is InChI=1S/C24H37BrClNO3/c1-2-3-4-5-6-7-8-9-10-11-12-13-14-18(23(28)29)24(30)17-27-22-16-21(26)20(25)15-19(22)24/h15-16,18,27,30H,2-14,17H2,1H3,(H,28,29). The second-order valence-electron chi connectivity index (χ2n) is 8.66. The number of fused-ring (bicyclic) bond motifs is 1. The number of β-amino-alcohol motifs (C(OH)–C–C–N with tert-alkyl or cyclic N) is 1. The molecule has 2 atom stereocenters. The van der Waals surface area contributed by atoms with E-state index in [1.54, 1.807) is 12.1 Å². The van der Waals surface area contributed by atoms with Gasteiger partial charge in [0.1, 0.15) is 5.60 Å². The predicted octanol–water partition coefficient (Wildman–Crippen LogP) is 7.51. The smallest absolute Gasteiger partial charge is 0.309 e. The summed E-state index contributed by atoms with van der Waals surface area (Å²) in [4.78, 5) is 12.0. The number of carbonyl (C=O) groups is 1. The van der Waals surface area contributed by atoms with Crippen LogP contribution >= 0.6 is 27.5 Å². The number of aliphatic carboxylic acids is 1. The zero-order valence-electron chi connectivity index (χ0n) is 18.2. The SMILES string of the molecule is CCCCCCCCCCCCCCC(C(=O)O)C1(O)CNc2cc(Cl)c(Br)cc21. The van der Waals surface area contributed by atoms with E-state index in [2.05, 4.69) is 28.2 Å². The van der Waals surface area contributed by atoms with E-state index in [-0.39, 0.29) is 6.54 Å². The van der Waals surface area contributed by atoms with Crippen molar-refractivity contribution in [2.75, 3.05) is 11.9 Å². The number of halogens is 2. The van der Waals surface area contributed by atoms with Crippen molar-refractivity contribution in [2.24, 2.45) is 5.92 Å². The third-order valence-corrected chi connectivity index (χ3v) is 7.49. The van der Waals surface area contributed by atoms with Crippen molar-refractivity contribution in [1.29, 1.82) is 0 Å². The number of aliphatic hydroxyl groups is 1. The van der Waals surface area contributed by atoms with Crippen LogP contribution in [-0.2, 0) is 10.4 Å². The number of unbranched alkanes of at least 4 members (excludes halogenated alkanes) is 11. The van der Waals surface area contributed by atoms with Gasteiger partial charge in [-0.3, -0.25) is 4.79 Å². The van der Waals surface area contributed by atoms with Gasteiger partial charge < -0.3 is 15.5 Å². The van der Waals surface area contributed by atoms with Crippen LogP contribution in [0.4, 0.5) is 5.69 Å². The van der Waals surface area contributed by atoms with Gasteiger partial charge in [0.2, 0.25) is 0 Å². The average Bonchev–Trinajstić information content (AvgIpc) is 3.02. The zero-order valence-corrected chi connectivity index (χ0v) is 20.5. The summed E-state index contributed by atoms with van der Waals surface area (Å²) in [6.45, 7) is 2.45. The van der Waals surface area contributed by atoms with Crippen molar-refractivity contribution in [2.45, 2.75) is 96.0 Å². The van der Waals surface area contributed by atoms with Gasteiger partial charge in [-0.2, -0.15) is 0 Å². The Balaban J connectivity index is 1.71. The zero-order chi connectivity index (χ0) is 22.0. The lowest BCUT2D eigenvalue weighted by Gasteiger charge is -2.30. The summed E-state index contributed by atoms with van der Waals surface area (Å²) in [5, 5.41) is 24.7. The molecule has 0 radical (unpaired) electrons. The molecule has 6 heteroatoms. The lowest BCUT2D eigenvalue weighted by atomic mass is 9.79. The van der Waals surface area contributed by atoms with Crippen LogP contribution in [0, 0.1) is 5.92 Å². The highest BCUT2D eigenvalue weighted by molar-refractivity contribution is 9.10. The molecule has 0 saturated heterocycles. The van der Waals surface area contributed by atoms with Crippen molar-refractivity contribution in [3.63, 3.8) is 0 Å². The van der Waals surface area contributed by atoms with E-state index >= 15 is 0 Å². The fraction of sp³-hybridized carbons (Fsp3) is 0.708. The van der Waals surface area contributed by atoms with Crippen LogP contribution in [0.3, 0.4) is 0 Å². The van der Waals surface area contributed by atoms with E-state index in [1.165, 1.54) is 57.8 Å². The maximum Gasteiger partial charge on any atom is 0.309 e. The minimum atomic E-state index is -1.41. The van der Waals surface area contributed by atoms with Gasteiger partial charge in [0.25, 0.3) is 0 Å². The molecule has 1 aliphatic rings. The van der Waals surface area contributed by atoms with Crippen LogP contribution in [0.2, 0.25) is 5.02 Å². The molecular formula is C24H37BrClNO3. The maximum absolute atomic E-state index is 12.0. The highest BCUT2D eigenvalue weighted by Crippen LogP contribution is 2.45. The molecule has 1 aliphatic heterocycles. The molecule has 0 aliphatic carbocycles. The lowest BCUT2D eigenvalue weighted by Crippen LogP contribution is -2.41. The Morgan fingerprint density at radius 3 is 2.13 bits per heavy atom. The Bertz CT molecular complexity index is 685. The quantitative estimate of drug-likeness (QED) is 0.217. The lowest BCUT2D eigenvalue weighted by molar-refractivity contribution is -0.152. The summed E-state index contributed by atoms with van der Waals surface area (Å²) >= 11 is 9.52. The van der Waals surface area contributed by atoms with Gasteiger partial charge in [-0.05, 0) is 34.5 Å². The summed E-state index contributed by atoms with van der Waals surface area (Å²) < 4.78 is 0.666. The topological polar surface area (TPSA) is 69.6 Å². The van der Waals surface area contributed by atoms with Gasteiger partial charge in [0, 0.05) is 22.3 Å². The number of nitrogens with one attached hydrogen (secondary N) is 1. The van der Waals surface area contributed by atoms with Crippen LogP contribution in [0.15, 0.2) is 16.6 Å². The molecule has 170 valence electrons. The normalized spacial score (nSPS) is 18.8. The summed E-state index contributed by atoms with van der Waals surface area (Å²) in [5.41, 5.74) is -0.0803. The first-order valence-electron chi connectivity index (χ1n) is 11.6. The Hall–Kier alpha value is -0.780. The molecule has 4 nitrogen and oxygen atoms in total. The molecule has 1 heterocycles. The summed E-state index contributed by atoms with van der Waals surface area (Å²) in [6, 6.07) is 3.48. The number of hydrogen-bond donors (Lipinski definition) is 3. The van der Waals surface area contributed by atoms with Crippen LogP contribution < -0.4 is 5.32 Å². The Morgan fingerprint density at radius 2 is 1.60 bits per heavy atom. The molecule has 0 saturated carbocycles. The van der Waals surface area contributed by atoms with E-state index in [0.717, 1.165) is 19.3 Å². The van der Waals surface area contributed by atoms with E-state index in [4.69, 9.17) is 11.6 Å². The number of hydrogen-bond acceptors (Lipinski definition) is 3. The molecule has 1 aromatic carbocycles. The third-order valence-electron chi connectivity index (χ3n) is 6.30. The largest absolute Gasteiger partial charge is 0.481 e. The van der Waals surface area contributed by atoms with E-state index in [9.17, 15) is 15.0 Å². The van der Waals surface area contributed by atoms with Crippen LogP contribution in [0.5, 0.6) is 0 Å². The molecular weight excluding hydrogens is 466 g/mol. The summed E-state index contributed by atoms with van der Waals surface area (Å²) in [5.74, 6) is -1.77. The first-order valence-corrected chi connectivity index (χ1v) is 12.8. The van der Waals surface area contributed by atoms with E-state index < -0.39 is 17.5 Å². The fourth-order valence-corrected chi connectivity index (χ4v) is 4.95. The molecule has 0 spiro atoms. The Morgan fingerprint density at radius 1 is 1.07 bits per heavy atom. The molecule has 2 unspecified atom stereocenters. The van der Waals surface area contributed by atoms with Crippen LogP contribution in [-0.4, -0.2) is 22.7 Å². The van der Waals surface area contributed by atoms with Crippen molar-refractivity contribution < 1.29 is 15.0 Å². The van der Waals surface area contributed by atoms with Gasteiger partial charge in [-0.25, -0.2) is 0 Å². The van der Waals surface area contributed by atoms with Crippen molar-refractivity contribution in [1.82, 2.24) is 0 Å². The predicted molar refractivity (Wildman–Crippen MR) is 128 cm³/mol. The molecule has 3 N–H and O–H groups in total. The molecule has 1 aromatic rings. The fourth-order valence-electron chi connectivity index (χ4n) is 4.44. The number of rotatable bonds is 15. The third kappa shape index (κ3) is 7.13. The van der Waals surface area contributed by atoms with Gasteiger partial charge in [-0.15, -0.1) is 0 Å². The number of benzene rings is 1. The van der Waals surface area contributed by atoms with Crippen LogP contribution in [0.25, 0.3) is 0 Å². The highest BCUT2D eigenvalue weighted by atomic mass is 79.9. The summed E-state index contributed by atoms with van der Waals surface area (Å²) in [7, 11) is 0. The minimum Gasteiger partial charge on any atom is -0.481 e. The molecule has 0 aromatic heterocycles. The van der Waals surface area contributed by atoms with E-state index in [0.29, 0.717) is 27.2 Å². The second kappa shape index (κ2) is 12.9. The van der Waals surface area contributed by atoms with Crippen molar-refractivity contribution in [3.05, 3.63) is 27.2 Å². The monoisotopic (exact) mass is 501 g/mol. The number of anilines is 1.